The fraction of sp³-hybridized carbons (Fsp3) is 0.667. The fourth-order valence-electron chi connectivity index (χ4n) is 6.00. The highest BCUT2D eigenvalue weighted by Gasteiger charge is 2.18. The van der Waals surface area contributed by atoms with Gasteiger partial charge in [0.2, 0.25) is 11.8 Å². The first-order valence-corrected chi connectivity index (χ1v) is 22.3. The number of aliphatic hydroxyl groups is 1. The molecule has 57 heavy (non-hydrogen) atoms. The minimum Gasteiger partial charge on any atom is -0.480 e. The molecular formula is C48H80N2O7. The number of esters is 1. The van der Waals surface area contributed by atoms with Crippen molar-refractivity contribution in [1.82, 2.24) is 10.6 Å². The van der Waals surface area contributed by atoms with E-state index in [1.54, 1.807) is 0 Å². The van der Waals surface area contributed by atoms with Crippen molar-refractivity contribution in [3.8, 4) is 0 Å². The number of ether oxygens (including phenoxy) is 1. The summed E-state index contributed by atoms with van der Waals surface area (Å²) in [6, 6.07) is -1.38. The molecule has 0 spiro atoms. The average Bonchev–Trinajstić information content (AvgIpc) is 3.20. The van der Waals surface area contributed by atoms with Crippen molar-refractivity contribution in [1.29, 1.82) is 0 Å². The summed E-state index contributed by atoms with van der Waals surface area (Å²) >= 11 is 0. The molecule has 0 aliphatic rings. The highest BCUT2D eigenvalue weighted by atomic mass is 16.5. The molecule has 324 valence electrons. The van der Waals surface area contributed by atoms with E-state index in [-0.39, 0.29) is 24.5 Å². The number of unbranched alkanes of at least 4 members (excludes halogenated alkanes) is 15. The molecule has 0 fully saturated rings. The van der Waals surface area contributed by atoms with Crippen LogP contribution < -0.4 is 10.6 Å². The molecular weight excluding hydrogens is 717 g/mol. The number of aliphatic carboxylic acids is 1. The Hall–Kier alpha value is -3.72. The van der Waals surface area contributed by atoms with E-state index >= 15 is 0 Å². The number of rotatable bonds is 39. The van der Waals surface area contributed by atoms with Crippen LogP contribution in [-0.4, -0.2) is 59.3 Å². The predicted octanol–water partition coefficient (Wildman–Crippen LogP) is 11.1. The highest BCUT2D eigenvalue weighted by molar-refractivity contribution is 5.87. The van der Waals surface area contributed by atoms with Gasteiger partial charge in [-0.1, -0.05) is 151 Å². The monoisotopic (exact) mass is 797 g/mol. The molecule has 9 nitrogen and oxygen atoms in total. The molecule has 0 bridgehead atoms. The quantitative estimate of drug-likeness (QED) is 0.0276. The van der Waals surface area contributed by atoms with Crippen molar-refractivity contribution in [3.05, 3.63) is 72.9 Å². The van der Waals surface area contributed by atoms with Crippen LogP contribution in [0.2, 0.25) is 0 Å². The number of carbonyl (C=O) groups is 4. The summed E-state index contributed by atoms with van der Waals surface area (Å²) in [5.74, 6) is -2.37. The number of nitrogens with one attached hydrogen (secondary N) is 2. The molecule has 0 aliphatic heterocycles. The maximum Gasteiger partial charge on any atom is 0.328 e. The van der Waals surface area contributed by atoms with Gasteiger partial charge in [0, 0.05) is 12.8 Å². The fourth-order valence-corrected chi connectivity index (χ4v) is 6.00. The number of hydrogen-bond acceptors (Lipinski definition) is 6. The van der Waals surface area contributed by atoms with Gasteiger partial charge in [-0.25, -0.2) is 4.79 Å². The van der Waals surface area contributed by atoms with Gasteiger partial charge in [0.1, 0.15) is 12.1 Å². The number of hydrogen-bond donors (Lipinski definition) is 4. The van der Waals surface area contributed by atoms with E-state index in [4.69, 9.17) is 14.9 Å². The number of allylic oxidation sites excluding steroid dienone is 11. The van der Waals surface area contributed by atoms with Crippen LogP contribution in [0, 0.1) is 0 Å². The Bertz CT molecular complexity index is 1190. The summed E-state index contributed by atoms with van der Waals surface area (Å²) < 4.78 is 5.94. The van der Waals surface area contributed by atoms with E-state index < -0.39 is 24.5 Å². The summed E-state index contributed by atoms with van der Waals surface area (Å²) in [4.78, 5) is 47.5. The standard InChI is InChI=1S/C48H80N2O7/c1-3-5-7-9-11-13-14-15-16-17-18-19-20-21-22-24-26-32-36-40-47(54)57-43(37-33-29-25-23-12-10-8-6-4-2)38-34-30-27-28-31-35-39-45(52)49-41-46(53)50-44(42-51)48(55)56/h5,7,11,13,15-16,18-19,21-22,33,37,43-44,51H,3-4,6,8-10,12,14,17,20,23-32,34-36,38-42H2,1-2H3,(H,49,52)(H,50,53)(H,55,56)/b7-5-,13-11-,16-15-,19-18-,22-21-,37-33-. The second-order valence-corrected chi connectivity index (χ2v) is 14.8. The maximum atomic E-state index is 12.8. The van der Waals surface area contributed by atoms with Crippen LogP contribution in [0.1, 0.15) is 181 Å². The Morgan fingerprint density at radius 3 is 1.63 bits per heavy atom. The first kappa shape index (κ1) is 53.3. The predicted molar refractivity (Wildman–Crippen MR) is 236 cm³/mol. The molecule has 2 unspecified atom stereocenters. The number of aliphatic hydroxyl groups excluding tert-OH is 1. The highest BCUT2D eigenvalue weighted by Crippen LogP contribution is 2.15. The van der Waals surface area contributed by atoms with E-state index in [2.05, 4.69) is 97.4 Å². The van der Waals surface area contributed by atoms with Crippen LogP contribution in [0.15, 0.2) is 72.9 Å². The third-order valence-corrected chi connectivity index (χ3v) is 9.42. The van der Waals surface area contributed by atoms with Gasteiger partial charge in [-0.3, -0.25) is 14.4 Å². The summed E-state index contributed by atoms with van der Waals surface area (Å²) in [7, 11) is 0. The van der Waals surface area contributed by atoms with E-state index in [1.165, 1.54) is 44.9 Å². The van der Waals surface area contributed by atoms with Gasteiger partial charge in [-0.2, -0.15) is 0 Å². The number of carboxylic acid groups (broad SMARTS) is 1. The minimum absolute atomic E-state index is 0.110. The largest absolute Gasteiger partial charge is 0.480 e. The number of amides is 2. The summed E-state index contributed by atoms with van der Waals surface area (Å²) in [6.07, 6.45) is 52.3. The van der Waals surface area contributed by atoms with E-state index in [0.717, 1.165) is 103 Å². The second-order valence-electron chi connectivity index (χ2n) is 14.8. The van der Waals surface area contributed by atoms with E-state index in [1.807, 2.05) is 0 Å². The molecule has 0 aromatic carbocycles. The zero-order valence-corrected chi connectivity index (χ0v) is 35.8. The van der Waals surface area contributed by atoms with Gasteiger partial charge in [0.25, 0.3) is 0 Å². The Morgan fingerprint density at radius 1 is 0.561 bits per heavy atom. The minimum atomic E-state index is -1.38. The van der Waals surface area contributed by atoms with E-state index in [0.29, 0.717) is 19.3 Å². The van der Waals surface area contributed by atoms with Crippen LogP contribution in [-0.2, 0) is 23.9 Å². The molecule has 0 aliphatic carbocycles. The smallest absolute Gasteiger partial charge is 0.328 e. The first-order valence-electron chi connectivity index (χ1n) is 22.3. The van der Waals surface area contributed by atoms with Crippen molar-refractivity contribution in [2.75, 3.05) is 13.2 Å². The lowest BCUT2D eigenvalue weighted by atomic mass is 10.0. The summed E-state index contributed by atoms with van der Waals surface area (Å²) in [6.45, 7) is 3.35. The molecule has 0 aromatic rings. The zero-order valence-electron chi connectivity index (χ0n) is 35.8. The molecule has 0 heterocycles. The molecule has 2 amide bonds. The van der Waals surface area contributed by atoms with Crippen molar-refractivity contribution < 1.29 is 34.1 Å². The number of carbonyl (C=O) groups excluding carboxylic acids is 3. The van der Waals surface area contributed by atoms with Crippen molar-refractivity contribution in [2.24, 2.45) is 0 Å². The van der Waals surface area contributed by atoms with Gasteiger partial charge in [-0.15, -0.1) is 0 Å². The van der Waals surface area contributed by atoms with Crippen LogP contribution >= 0.6 is 0 Å². The van der Waals surface area contributed by atoms with Crippen molar-refractivity contribution >= 4 is 23.8 Å². The Balaban J connectivity index is 4.33. The van der Waals surface area contributed by atoms with Gasteiger partial charge in [0.15, 0.2) is 0 Å². The van der Waals surface area contributed by atoms with Crippen molar-refractivity contribution in [3.63, 3.8) is 0 Å². The third-order valence-electron chi connectivity index (χ3n) is 9.42. The summed E-state index contributed by atoms with van der Waals surface area (Å²) in [5.41, 5.74) is 0. The SMILES string of the molecule is CC/C=C\C/C=C\C/C=C\C/C=C\C/C=C\CCCCCC(=O)OC(/C=C\CCCCCCCCC)CCCCCCCCC(=O)NCC(=O)NC(CO)C(=O)O. The number of carboxylic acids is 1. The van der Waals surface area contributed by atoms with Crippen LogP contribution in [0.4, 0.5) is 0 Å². The average molecular weight is 797 g/mol. The maximum absolute atomic E-state index is 12.8. The molecule has 0 radical (unpaired) electrons. The lowest BCUT2D eigenvalue weighted by Crippen LogP contribution is -2.47. The van der Waals surface area contributed by atoms with Gasteiger partial charge in [-0.05, 0) is 89.5 Å². The zero-order chi connectivity index (χ0) is 41.9. The van der Waals surface area contributed by atoms with Gasteiger partial charge in [0.05, 0.1) is 13.2 Å². The lowest BCUT2D eigenvalue weighted by molar-refractivity contribution is -0.147. The Labute approximate surface area is 346 Å². The molecule has 0 saturated carbocycles. The van der Waals surface area contributed by atoms with E-state index in [9.17, 15) is 19.2 Å². The van der Waals surface area contributed by atoms with Crippen molar-refractivity contribution in [2.45, 2.75) is 193 Å². The van der Waals surface area contributed by atoms with Crippen LogP contribution in [0.25, 0.3) is 0 Å². The van der Waals surface area contributed by atoms with Gasteiger partial charge >= 0.3 is 11.9 Å². The molecule has 0 aromatic heterocycles. The molecule has 0 saturated heterocycles. The topological polar surface area (TPSA) is 142 Å². The normalized spacial score (nSPS) is 13.2. The molecule has 0 rings (SSSR count). The van der Waals surface area contributed by atoms with Crippen LogP contribution in [0.5, 0.6) is 0 Å². The summed E-state index contributed by atoms with van der Waals surface area (Å²) in [5, 5.41) is 22.5. The van der Waals surface area contributed by atoms with Crippen LogP contribution in [0.3, 0.4) is 0 Å². The first-order chi connectivity index (χ1) is 27.8. The molecule has 2 atom stereocenters. The Kier molecular flexibility index (Phi) is 39.2. The third kappa shape index (κ3) is 38.9. The lowest BCUT2D eigenvalue weighted by Gasteiger charge is -2.15. The molecule has 9 heteroatoms. The Morgan fingerprint density at radius 2 is 1.05 bits per heavy atom. The van der Waals surface area contributed by atoms with Gasteiger partial charge < -0.3 is 25.6 Å². The molecule has 4 N–H and O–H groups in total. The second kappa shape index (κ2) is 41.9.